The van der Waals surface area contributed by atoms with Crippen LogP contribution in [-0.2, 0) is 0 Å². The van der Waals surface area contributed by atoms with E-state index in [-0.39, 0.29) is 11.6 Å². The fourth-order valence-corrected chi connectivity index (χ4v) is 1.89. The van der Waals surface area contributed by atoms with Gasteiger partial charge in [0.05, 0.1) is 0 Å². The van der Waals surface area contributed by atoms with Gasteiger partial charge in [-0.15, -0.1) is 0 Å². The first kappa shape index (κ1) is 11.9. The van der Waals surface area contributed by atoms with Crippen molar-refractivity contribution in [1.29, 1.82) is 0 Å². The minimum atomic E-state index is -0.861. The average Bonchev–Trinajstić information content (AvgIpc) is 2.14. The zero-order valence-electron chi connectivity index (χ0n) is 10.5. The van der Waals surface area contributed by atoms with Gasteiger partial charge in [0.25, 0.3) is 0 Å². The normalized spacial score (nSPS) is 24.5. The second-order valence-electron chi connectivity index (χ2n) is 5.18. The van der Waals surface area contributed by atoms with Crippen molar-refractivity contribution in [3.63, 3.8) is 0 Å². The Bertz CT molecular complexity index is 443. The van der Waals surface area contributed by atoms with Crippen LogP contribution in [0.25, 0.3) is 0 Å². The molecule has 1 atom stereocenters. The lowest BCUT2D eigenvalue weighted by atomic mass is 10.1. The number of aliphatic hydroxyl groups is 1. The molecular formula is C12H17N3O2. The molecule has 1 unspecified atom stereocenters. The Hall–Kier alpha value is -1.62. The van der Waals surface area contributed by atoms with Gasteiger partial charge in [0.15, 0.2) is 6.23 Å². The van der Waals surface area contributed by atoms with Gasteiger partial charge in [-0.05, 0) is 39.8 Å². The summed E-state index contributed by atoms with van der Waals surface area (Å²) in [4.78, 5) is 19.5. The number of urea groups is 1. The summed E-state index contributed by atoms with van der Waals surface area (Å²) in [6.07, 6.45) is 4.15. The van der Waals surface area contributed by atoms with E-state index in [1.54, 1.807) is 30.2 Å². The number of carbonyl (C=O) groups is 1. The summed E-state index contributed by atoms with van der Waals surface area (Å²) < 4.78 is 0. The molecule has 2 aliphatic heterocycles. The lowest BCUT2D eigenvalue weighted by molar-refractivity contribution is 0.158. The van der Waals surface area contributed by atoms with Gasteiger partial charge >= 0.3 is 6.03 Å². The standard InChI is InChI=1S/C12H17N3O2/c1-8-7-10(16)13-9-5-6-14(12(2,3)4)11(17)15(8)9/h5-7,10,16H,1-4H3. The molecule has 17 heavy (non-hydrogen) atoms. The molecule has 2 rings (SSSR count). The number of rotatable bonds is 0. The van der Waals surface area contributed by atoms with E-state index >= 15 is 0 Å². The third kappa shape index (κ3) is 1.98. The van der Waals surface area contributed by atoms with Crippen molar-refractivity contribution in [1.82, 2.24) is 9.80 Å². The predicted octanol–water partition coefficient (Wildman–Crippen LogP) is 1.67. The van der Waals surface area contributed by atoms with E-state index in [9.17, 15) is 9.90 Å². The first-order chi connectivity index (χ1) is 7.80. The largest absolute Gasteiger partial charge is 0.368 e. The molecule has 0 aromatic rings. The third-order valence-electron chi connectivity index (χ3n) is 2.73. The van der Waals surface area contributed by atoms with Crippen LogP contribution in [0.1, 0.15) is 27.7 Å². The van der Waals surface area contributed by atoms with Crippen LogP contribution in [0.15, 0.2) is 29.0 Å². The van der Waals surface area contributed by atoms with Crippen LogP contribution in [0.5, 0.6) is 0 Å². The molecule has 0 fully saturated rings. The van der Waals surface area contributed by atoms with Crippen LogP contribution >= 0.6 is 0 Å². The molecule has 2 amide bonds. The highest BCUT2D eigenvalue weighted by Crippen LogP contribution is 2.25. The molecule has 0 aromatic carbocycles. The Balaban J connectivity index is 2.41. The van der Waals surface area contributed by atoms with E-state index in [4.69, 9.17) is 0 Å². The van der Waals surface area contributed by atoms with E-state index < -0.39 is 6.23 Å². The monoisotopic (exact) mass is 235 g/mol. The summed E-state index contributed by atoms with van der Waals surface area (Å²) >= 11 is 0. The number of amidine groups is 1. The first-order valence-corrected chi connectivity index (χ1v) is 5.56. The number of hydrogen-bond acceptors (Lipinski definition) is 3. The zero-order chi connectivity index (χ0) is 12.8. The zero-order valence-corrected chi connectivity index (χ0v) is 10.5. The summed E-state index contributed by atoms with van der Waals surface area (Å²) in [7, 11) is 0. The average molecular weight is 235 g/mol. The summed E-state index contributed by atoms with van der Waals surface area (Å²) in [5, 5.41) is 9.48. The van der Waals surface area contributed by atoms with Gasteiger partial charge in [-0.1, -0.05) is 0 Å². The molecule has 5 heteroatoms. The highest BCUT2D eigenvalue weighted by atomic mass is 16.3. The molecule has 0 spiro atoms. The van der Waals surface area contributed by atoms with Gasteiger partial charge in [-0.3, -0.25) is 9.80 Å². The highest BCUT2D eigenvalue weighted by Gasteiger charge is 2.35. The lowest BCUT2D eigenvalue weighted by Gasteiger charge is -2.41. The number of fused-ring (bicyclic) bond motifs is 1. The van der Waals surface area contributed by atoms with Crippen molar-refractivity contribution in [3.05, 3.63) is 24.0 Å². The quantitative estimate of drug-likeness (QED) is 0.694. The van der Waals surface area contributed by atoms with Crippen LogP contribution in [0, 0.1) is 0 Å². The second kappa shape index (κ2) is 3.70. The van der Waals surface area contributed by atoms with Gasteiger partial charge in [-0.2, -0.15) is 0 Å². The highest BCUT2D eigenvalue weighted by molar-refractivity contribution is 6.08. The van der Waals surface area contributed by atoms with Crippen molar-refractivity contribution in [2.75, 3.05) is 0 Å². The van der Waals surface area contributed by atoms with E-state index in [1.807, 2.05) is 20.8 Å². The Labute approximate surface area is 101 Å². The van der Waals surface area contributed by atoms with E-state index in [2.05, 4.69) is 4.99 Å². The number of carbonyl (C=O) groups excluding carboxylic acids is 1. The summed E-state index contributed by atoms with van der Waals surface area (Å²) in [5.41, 5.74) is 0.418. The van der Waals surface area contributed by atoms with Crippen LogP contribution in [0.4, 0.5) is 4.79 Å². The minimum Gasteiger partial charge on any atom is -0.368 e. The van der Waals surface area contributed by atoms with Gasteiger partial charge in [0.2, 0.25) is 0 Å². The number of hydrogen-bond donors (Lipinski definition) is 1. The Morgan fingerprint density at radius 2 is 2.06 bits per heavy atom. The third-order valence-corrected chi connectivity index (χ3v) is 2.73. The van der Waals surface area contributed by atoms with E-state index in [1.165, 1.54) is 4.90 Å². The number of aliphatic imine (C=N–C) groups is 1. The fourth-order valence-electron chi connectivity index (χ4n) is 1.89. The second-order valence-corrected chi connectivity index (χ2v) is 5.18. The maximum atomic E-state index is 12.3. The fraction of sp³-hybridized carbons (Fsp3) is 0.500. The van der Waals surface area contributed by atoms with Gasteiger partial charge < -0.3 is 5.11 Å². The van der Waals surface area contributed by atoms with Crippen molar-refractivity contribution in [2.45, 2.75) is 39.5 Å². The molecule has 2 heterocycles. The van der Waals surface area contributed by atoms with Crippen molar-refractivity contribution in [3.8, 4) is 0 Å². The van der Waals surface area contributed by atoms with Crippen molar-refractivity contribution in [2.24, 2.45) is 4.99 Å². The molecule has 5 nitrogen and oxygen atoms in total. The summed E-state index contributed by atoms with van der Waals surface area (Å²) in [5.74, 6) is 0.489. The molecule has 2 aliphatic rings. The van der Waals surface area contributed by atoms with Crippen LogP contribution in [-0.4, -0.2) is 38.5 Å². The molecule has 0 aromatic heterocycles. The number of nitrogens with zero attached hydrogens (tertiary/aromatic N) is 3. The van der Waals surface area contributed by atoms with E-state index in [0.717, 1.165) is 0 Å². The van der Waals surface area contributed by atoms with Gasteiger partial charge in [0.1, 0.15) is 5.84 Å². The number of aliphatic hydroxyl groups excluding tert-OH is 1. The number of allylic oxidation sites excluding steroid dienone is 1. The Kier molecular flexibility index (Phi) is 2.58. The van der Waals surface area contributed by atoms with Crippen LogP contribution in [0.2, 0.25) is 0 Å². The smallest absolute Gasteiger partial charge is 0.334 e. The summed E-state index contributed by atoms with van der Waals surface area (Å²) in [6, 6.07) is -0.139. The molecule has 0 saturated heterocycles. The molecule has 92 valence electrons. The van der Waals surface area contributed by atoms with Crippen molar-refractivity contribution < 1.29 is 9.90 Å². The SMILES string of the molecule is CC1=CC(O)N=C2C=CN(C(C)(C)C)C(=O)N12. The van der Waals surface area contributed by atoms with E-state index in [0.29, 0.717) is 11.5 Å². The predicted molar refractivity (Wildman–Crippen MR) is 65.2 cm³/mol. The van der Waals surface area contributed by atoms with Crippen LogP contribution in [0.3, 0.4) is 0 Å². The minimum absolute atomic E-state index is 0.139. The molecular weight excluding hydrogens is 218 g/mol. The molecule has 0 radical (unpaired) electrons. The van der Waals surface area contributed by atoms with Crippen molar-refractivity contribution >= 4 is 11.9 Å². The maximum absolute atomic E-state index is 12.3. The maximum Gasteiger partial charge on any atom is 0.334 e. The topological polar surface area (TPSA) is 56.1 Å². The molecule has 0 bridgehead atoms. The number of amides is 2. The van der Waals surface area contributed by atoms with Gasteiger partial charge in [0, 0.05) is 17.4 Å². The van der Waals surface area contributed by atoms with Gasteiger partial charge in [-0.25, -0.2) is 9.79 Å². The van der Waals surface area contributed by atoms with Crippen LogP contribution < -0.4 is 0 Å². The molecule has 0 saturated carbocycles. The first-order valence-electron chi connectivity index (χ1n) is 5.56. The Morgan fingerprint density at radius 1 is 1.41 bits per heavy atom. The molecule has 0 aliphatic carbocycles. The lowest BCUT2D eigenvalue weighted by Crippen LogP contribution is -2.53. The molecule has 1 N–H and O–H groups in total. The summed E-state index contributed by atoms with van der Waals surface area (Å²) in [6.45, 7) is 7.69. The Morgan fingerprint density at radius 3 is 2.65 bits per heavy atom.